The maximum atomic E-state index is 11.6. The molecule has 2 atom stereocenters. The highest BCUT2D eigenvalue weighted by Gasteiger charge is 2.33. The molecule has 0 aromatic heterocycles. The first-order valence-electron chi connectivity index (χ1n) is 5.37. The number of para-hydroxylation sites is 1. The maximum absolute atomic E-state index is 11.6. The summed E-state index contributed by atoms with van der Waals surface area (Å²) in [6.45, 7) is 2.16. The number of hydrogen-bond acceptors (Lipinski definition) is 4. The number of nitrogens with one attached hydrogen (secondary N) is 1. The zero-order valence-electron chi connectivity index (χ0n) is 9.49. The number of ether oxygens (including phenoxy) is 1. The number of esters is 1. The zero-order valence-corrected chi connectivity index (χ0v) is 9.49. The molecule has 4 heteroatoms. The molecule has 1 aromatic rings. The summed E-state index contributed by atoms with van der Waals surface area (Å²) in [6.07, 6.45) is 1.12. The van der Waals surface area contributed by atoms with Crippen LogP contribution in [0.4, 0.5) is 11.4 Å². The summed E-state index contributed by atoms with van der Waals surface area (Å²) in [5, 5.41) is 3.29. The van der Waals surface area contributed by atoms with E-state index in [1.54, 1.807) is 18.2 Å². The van der Waals surface area contributed by atoms with Crippen LogP contribution in [0.5, 0.6) is 0 Å². The van der Waals surface area contributed by atoms with Crippen molar-refractivity contribution in [2.45, 2.75) is 19.4 Å². The minimum absolute atomic E-state index is 0.358. The van der Waals surface area contributed by atoms with E-state index in [0.717, 1.165) is 6.42 Å². The van der Waals surface area contributed by atoms with Crippen molar-refractivity contribution in [3.05, 3.63) is 23.8 Å². The first-order chi connectivity index (χ1) is 7.63. The molecule has 4 nitrogen and oxygen atoms in total. The van der Waals surface area contributed by atoms with E-state index in [1.807, 2.05) is 0 Å². The number of benzene rings is 1. The molecule has 0 saturated heterocycles. The van der Waals surface area contributed by atoms with Gasteiger partial charge >= 0.3 is 5.97 Å². The minimum atomic E-state index is -0.358. The number of nitrogens with two attached hydrogens (primary N) is 1. The number of carbonyl (C=O) groups excluding carboxylic acids is 1. The Hall–Kier alpha value is -1.71. The van der Waals surface area contributed by atoms with Gasteiger partial charge in [-0.15, -0.1) is 0 Å². The maximum Gasteiger partial charge on any atom is 0.340 e. The van der Waals surface area contributed by atoms with Gasteiger partial charge in [0.15, 0.2) is 0 Å². The Morgan fingerprint density at radius 1 is 1.56 bits per heavy atom. The van der Waals surface area contributed by atoms with Crippen LogP contribution in [0.2, 0.25) is 0 Å². The Morgan fingerprint density at radius 2 is 2.25 bits per heavy atom. The monoisotopic (exact) mass is 220 g/mol. The highest BCUT2D eigenvalue weighted by atomic mass is 16.5. The summed E-state index contributed by atoms with van der Waals surface area (Å²) < 4.78 is 4.73. The molecule has 1 fully saturated rings. The molecule has 1 saturated carbocycles. The lowest BCUT2D eigenvalue weighted by atomic mass is 10.1. The van der Waals surface area contributed by atoms with Crippen LogP contribution in [-0.4, -0.2) is 19.1 Å². The van der Waals surface area contributed by atoms with Crippen molar-refractivity contribution in [2.75, 3.05) is 18.2 Å². The van der Waals surface area contributed by atoms with Gasteiger partial charge in [-0.2, -0.15) is 0 Å². The molecular formula is C12H16N2O2. The summed E-state index contributed by atoms with van der Waals surface area (Å²) in [7, 11) is 1.37. The Morgan fingerprint density at radius 3 is 2.81 bits per heavy atom. The lowest BCUT2D eigenvalue weighted by Gasteiger charge is -2.12. The molecule has 1 aliphatic carbocycles. The molecule has 86 valence electrons. The Balaban J connectivity index is 2.29. The van der Waals surface area contributed by atoms with E-state index in [1.165, 1.54) is 7.11 Å². The van der Waals surface area contributed by atoms with Crippen molar-refractivity contribution >= 4 is 17.3 Å². The molecule has 2 rings (SSSR count). The van der Waals surface area contributed by atoms with Crippen molar-refractivity contribution in [1.82, 2.24) is 0 Å². The van der Waals surface area contributed by atoms with Crippen molar-refractivity contribution in [2.24, 2.45) is 5.92 Å². The summed E-state index contributed by atoms with van der Waals surface area (Å²) in [5.74, 6) is 0.285. The van der Waals surface area contributed by atoms with Crippen molar-refractivity contribution in [1.29, 1.82) is 0 Å². The van der Waals surface area contributed by atoms with Crippen molar-refractivity contribution < 1.29 is 9.53 Å². The van der Waals surface area contributed by atoms with E-state index in [0.29, 0.717) is 28.9 Å². The van der Waals surface area contributed by atoms with Gasteiger partial charge in [0, 0.05) is 6.04 Å². The fourth-order valence-electron chi connectivity index (χ4n) is 1.72. The molecule has 16 heavy (non-hydrogen) atoms. The van der Waals surface area contributed by atoms with Gasteiger partial charge in [0.2, 0.25) is 0 Å². The lowest BCUT2D eigenvalue weighted by molar-refractivity contribution is 0.0602. The zero-order chi connectivity index (χ0) is 11.7. The van der Waals surface area contributed by atoms with Gasteiger partial charge < -0.3 is 15.8 Å². The normalized spacial score (nSPS) is 22.6. The lowest BCUT2D eigenvalue weighted by Crippen LogP contribution is -2.12. The van der Waals surface area contributed by atoms with Gasteiger partial charge in [-0.1, -0.05) is 13.0 Å². The Bertz CT molecular complexity index is 417. The topological polar surface area (TPSA) is 64.3 Å². The first kappa shape index (κ1) is 10.8. The number of nitrogen functional groups attached to an aromatic ring is 1. The second-order valence-electron chi connectivity index (χ2n) is 4.23. The van der Waals surface area contributed by atoms with Crippen LogP contribution in [0.25, 0.3) is 0 Å². The SMILES string of the molecule is COC(=O)c1cccc(N)c1NC1CC1C. The van der Waals surface area contributed by atoms with Crippen molar-refractivity contribution in [3.63, 3.8) is 0 Å². The summed E-state index contributed by atoms with van der Waals surface area (Å²) in [6, 6.07) is 5.68. The van der Waals surface area contributed by atoms with Crippen LogP contribution < -0.4 is 11.1 Å². The molecule has 0 amide bonds. The molecule has 0 spiro atoms. The smallest absolute Gasteiger partial charge is 0.340 e. The second kappa shape index (κ2) is 4.04. The van der Waals surface area contributed by atoms with Crippen LogP contribution in [-0.2, 0) is 4.74 Å². The number of anilines is 2. The Labute approximate surface area is 94.8 Å². The van der Waals surface area contributed by atoms with Crippen LogP contribution in [0.1, 0.15) is 23.7 Å². The van der Waals surface area contributed by atoms with Gasteiger partial charge in [-0.05, 0) is 24.5 Å². The fraction of sp³-hybridized carbons (Fsp3) is 0.417. The van der Waals surface area contributed by atoms with E-state index >= 15 is 0 Å². The predicted molar refractivity (Wildman–Crippen MR) is 63.4 cm³/mol. The fourth-order valence-corrected chi connectivity index (χ4v) is 1.72. The number of hydrogen-bond donors (Lipinski definition) is 2. The van der Waals surface area contributed by atoms with Gasteiger partial charge in [0.25, 0.3) is 0 Å². The van der Waals surface area contributed by atoms with E-state index in [4.69, 9.17) is 10.5 Å². The average molecular weight is 220 g/mol. The van der Waals surface area contributed by atoms with Gasteiger partial charge in [0.1, 0.15) is 0 Å². The van der Waals surface area contributed by atoms with Gasteiger partial charge in [-0.3, -0.25) is 0 Å². The molecule has 2 unspecified atom stereocenters. The highest BCUT2D eigenvalue weighted by molar-refractivity contribution is 5.98. The molecule has 0 bridgehead atoms. The van der Waals surface area contributed by atoms with Crippen LogP contribution in [0.3, 0.4) is 0 Å². The van der Waals surface area contributed by atoms with E-state index in [-0.39, 0.29) is 5.97 Å². The minimum Gasteiger partial charge on any atom is -0.465 e. The standard InChI is InChI=1S/C12H16N2O2/c1-7-6-10(7)14-11-8(12(15)16-2)4-3-5-9(11)13/h3-5,7,10,14H,6,13H2,1-2H3. The third-order valence-electron chi connectivity index (χ3n) is 2.94. The molecule has 3 N–H and O–H groups in total. The first-order valence-corrected chi connectivity index (χ1v) is 5.37. The number of rotatable bonds is 3. The summed E-state index contributed by atoms with van der Waals surface area (Å²) in [5.41, 5.74) is 7.65. The van der Waals surface area contributed by atoms with Gasteiger partial charge in [-0.25, -0.2) is 4.79 Å². The van der Waals surface area contributed by atoms with E-state index in [2.05, 4.69) is 12.2 Å². The quantitative estimate of drug-likeness (QED) is 0.603. The van der Waals surface area contributed by atoms with Crippen LogP contribution in [0.15, 0.2) is 18.2 Å². The highest BCUT2D eigenvalue weighted by Crippen LogP contribution is 2.35. The summed E-state index contributed by atoms with van der Waals surface area (Å²) in [4.78, 5) is 11.6. The predicted octanol–water partition coefficient (Wildman–Crippen LogP) is 1.88. The third-order valence-corrected chi connectivity index (χ3v) is 2.94. The average Bonchev–Trinajstić information content (AvgIpc) is 2.96. The van der Waals surface area contributed by atoms with E-state index < -0.39 is 0 Å². The molecule has 1 aliphatic rings. The molecular weight excluding hydrogens is 204 g/mol. The second-order valence-corrected chi connectivity index (χ2v) is 4.23. The van der Waals surface area contributed by atoms with Crippen molar-refractivity contribution in [3.8, 4) is 0 Å². The summed E-state index contributed by atoms with van der Waals surface area (Å²) >= 11 is 0. The number of carbonyl (C=O) groups is 1. The van der Waals surface area contributed by atoms with Crippen LogP contribution in [0, 0.1) is 5.92 Å². The molecule has 0 aliphatic heterocycles. The molecule has 1 aromatic carbocycles. The van der Waals surface area contributed by atoms with Crippen LogP contribution >= 0.6 is 0 Å². The van der Waals surface area contributed by atoms with Gasteiger partial charge in [0.05, 0.1) is 24.0 Å². The van der Waals surface area contributed by atoms with E-state index in [9.17, 15) is 4.79 Å². The number of methoxy groups -OCH3 is 1. The molecule has 0 heterocycles. The third kappa shape index (κ3) is 1.96. The Kier molecular flexibility index (Phi) is 2.73. The largest absolute Gasteiger partial charge is 0.465 e. The molecule has 0 radical (unpaired) electrons.